The summed E-state index contributed by atoms with van der Waals surface area (Å²) in [5.74, 6) is 0.782. The molecule has 1 N–H and O–H groups in total. The second-order valence-corrected chi connectivity index (χ2v) is 3.86. The summed E-state index contributed by atoms with van der Waals surface area (Å²) in [4.78, 5) is 4.01. The maximum atomic E-state index is 8.73. The molecule has 0 bridgehead atoms. The molecule has 2 rings (SSSR count). The standard InChI is InChI=1S/C10H8N4S/c11-5-8-2-1-3-9(4-8)6-15-10-12-7-13-14-10/h1-4,7H,6H2,(H,12,13,14). The summed E-state index contributed by atoms with van der Waals surface area (Å²) in [6.45, 7) is 0. The highest BCUT2D eigenvalue weighted by molar-refractivity contribution is 7.98. The first-order valence-corrected chi connectivity index (χ1v) is 5.34. The summed E-state index contributed by atoms with van der Waals surface area (Å²) >= 11 is 1.56. The van der Waals surface area contributed by atoms with Crippen LogP contribution in [0.15, 0.2) is 35.7 Å². The molecule has 2 aromatic rings. The molecule has 1 heterocycles. The van der Waals surface area contributed by atoms with Crippen LogP contribution in [0.3, 0.4) is 0 Å². The van der Waals surface area contributed by atoms with E-state index >= 15 is 0 Å². The third-order valence-electron chi connectivity index (χ3n) is 1.82. The Balaban J connectivity index is 2.02. The molecule has 0 aliphatic rings. The number of rotatable bonds is 3. The second-order valence-electron chi connectivity index (χ2n) is 2.89. The van der Waals surface area contributed by atoms with Crippen LogP contribution in [0.2, 0.25) is 0 Å². The Morgan fingerprint density at radius 3 is 3.13 bits per heavy atom. The summed E-state index contributed by atoms with van der Waals surface area (Å²) in [7, 11) is 0. The predicted molar refractivity (Wildman–Crippen MR) is 57.1 cm³/mol. The van der Waals surface area contributed by atoms with Crippen LogP contribution in [-0.2, 0) is 5.75 Å². The Hall–Kier alpha value is -1.80. The van der Waals surface area contributed by atoms with Gasteiger partial charge in [0.1, 0.15) is 6.33 Å². The molecule has 0 aliphatic carbocycles. The Morgan fingerprint density at radius 2 is 2.40 bits per heavy atom. The van der Waals surface area contributed by atoms with E-state index in [-0.39, 0.29) is 0 Å². The number of benzene rings is 1. The zero-order valence-corrected chi connectivity index (χ0v) is 8.66. The predicted octanol–water partition coefficient (Wildman–Crippen LogP) is 1.97. The van der Waals surface area contributed by atoms with Gasteiger partial charge in [0.25, 0.3) is 0 Å². The van der Waals surface area contributed by atoms with Crippen molar-refractivity contribution in [2.45, 2.75) is 10.9 Å². The van der Waals surface area contributed by atoms with E-state index in [2.05, 4.69) is 21.3 Å². The van der Waals surface area contributed by atoms with E-state index in [1.54, 1.807) is 17.8 Å². The lowest BCUT2D eigenvalue weighted by Crippen LogP contribution is -1.83. The average Bonchev–Trinajstić information content (AvgIpc) is 2.79. The van der Waals surface area contributed by atoms with Gasteiger partial charge in [-0.25, -0.2) is 4.98 Å². The number of thioether (sulfide) groups is 1. The van der Waals surface area contributed by atoms with Gasteiger partial charge in [0.05, 0.1) is 11.6 Å². The summed E-state index contributed by atoms with van der Waals surface area (Å²) in [5.41, 5.74) is 1.79. The maximum absolute atomic E-state index is 8.73. The number of nitrogens with zero attached hydrogens (tertiary/aromatic N) is 3. The van der Waals surface area contributed by atoms with Gasteiger partial charge in [-0.3, -0.25) is 5.10 Å². The Bertz CT molecular complexity index is 472. The number of hydrogen-bond acceptors (Lipinski definition) is 4. The third-order valence-corrected chi connectivity index (χ3v) is 2.77. The molecule has 0 spiro atoms. The third kappa shape index (κ3) is 2.58. The molecule has 4 nitrogen and oxygen atoms in total. The number of H-pyrrole nitrogens is 1. The van der Waals surface area contributed by atoms with E-state index in [1.165, 1.54) is 6.33 Å². The van der Waals surface area contributed by atoms with Gasteiger partial charge in [0, 0.05) is 5.75 Å². The molecule has 0 fully saturated rings. The minimum atomic E-state index is 0.686. The Kier molecular flexibility index (Phi) is 3.00. The lowest BCUT2D eigenvalue weighted by Gasteiger charge is -1.98. The van der Waals surface area contributed by atoms with E-state index in [9.17, 15) is 0 Å². The minimum absolute atomic E-state index is 0.686. The van der Waals surface area contributed by atoms with Gasteiger partial charge in [-0.2, -0.15) is 10.4 Å². The molecule has 5 heteroatoms. The molecule has 0 aliphatic heterocycles. The van der Waals surface area contributed by atoms with Crippen molar-refractivity contribution in [2.75, 3.05) is 0 Å². The van der Waals surface area contributed by atoms with E-state index in [4.69, 9.17) is 5.26 Å². The van der Waals surface area contributed by atoms with Crippen LogP contribution < -0.4 is 0 Å². The first-order chi connectivity index (χ1) is 7.38. The highest BCUT2D eigenvalue weighted by Gasteiger charge is 1.99. The average molecular weight is 216 g/mol. The molecule has 0 saturated carbocycles. The van der Waals surface area contributed by atoms with Gasteiger partial charge in [-0.15, -0.1) is 0 Å². The van der Waals surface area contributed by atoms with Gasteiger partial charge < -0.3 is 0 Å². The number of nitriles is 1. The van der Waals surface area contributed by atoms with Crippen molar-refractivity contribution in [1.82, 2.24) is 15.2 Å². The molecule has 0 unspecified atom stereocenters. The quantitative estimate of drug-likeness (QED) is 0.796. The monoisotopic (exact) mass is 216 g/mol. The Labute approximate surface area is 91.4 Å². The number of nitrogens with one attached hydrogen (secondary N) is 1. The summed E-state index contributed by atoms with van der Waals surface area (Å²) in [5, 5.41) is 16.0. The molecular weight excluding hydrogens is 208 g/mol. The molecular formula is C10H8N4S. The molecule has 0 atom stereocenters. The highest BCUT2D eigenvalue weighted by atomic mass is 32.2. The number of aromatic amines is 1. The zero-order chi connectivity index (χ0) is 10.5. The van der Waals surface area contributed by atoms with E-state index in [0.717, 1.165) is 16.5 Å². The summed E-state index contributed by atoms with van der Waals surface area (Å²) < 4.78 is 0. The van der Waals surface area contributed by atoms with Crippen LogP contribution in [0.25, 0.3) is 0 Å². The van der Waals surface area contributed by atoms with Crippen LogP contribution in [-0.4, -0.2) is 15.2 Å². The highest BCUT2D eigenvalue weighted by Crippen LogP contribution is 2.18. The van der Waals surface area contributed by atoms with Crippen LogP contribution in [0.4, 0.5) is 0 Å². The topological polar surface area (TPSA) is 65.4 Å². The van der Waals surface area contributed by atoms with Gasteiger partial charge >= 0.3 is 0 Å². The van der Waals surface area contributed by atoms with E-state index < -0.39 is 0 Å². The van der Waals surface area contributed by atoms with Crippen molar-refractivity contribution < 1.29 is 0 Å². The second kappa shape index (κ2) is 4.62. The molecule has 0 amide bonds. The first kappa shape index (κ1) is 9.74. The number of aromatic nitrogens is 3. The molecule has 74 valence electrons. The molecule has 1 aromatic carbocycles. The van der Waals surface area contributed by atoms with E-state index in [0.29, 0.717) is 5.56 Å². The maximum Gasteiger partial charge on any atom is 0.183 e. The van der Waals surface area contributed by atoms with E-state index in [1.807, 2.05) is 18.2 Å². The van der Waals surface area contributed by atoms with Crippen LogP contribution >= 0.6 is 11.8 Å². The normalized spacial score (nSPS) is 9.80. The first-order valence-electron chi connectivity index (χ1n) is 4.35. The van der Waals surface area contributed by atoms with Crippen molar-refractivity contribution in [2.24, 2.45) is 0 Å². The zero-order valence-electron chi connectivity index (χ0n) is 7.84. The van der Waals surface area contributed by atoms with Crippen LogP contribution in [0.1, 0.15) is 11.1 Å². The fraction of sp³-hybridized carbons (Fsp3) is 0.100. The van der Waals surface area contributed by atoms with Crippen molar-refractivity contribution in [3.63, 3.8) is 0 Å². The lowest BCUT2D eigenvalue weighted by atomic mass is 10.2. The minimum Gasteiger partial charge on any atom is -0.254 e. The molecule has 0 saturated heterocycles. The molecule has 15 heavy (non-hydrogen) atoms. The van der Waals surface area contributed by atoms with Crippen molar-refractivity contribution in [1.29, 1.82) is 5.26 Å². The van der Waals surface area contributed by atoms with Crippen molar-refractivity contribution in [3.05, 3.63) is 41.7 Å². The number of hydrogen-bond donors (Lipinski definition) is 1. The van der Waals surface area contributed by atoms with Crippen molar-refractivity contribution >= 4 is 11.8 Å². The largest absolute Gasteiger partial charge is 0.254 e. The van der Waals surface area contributed by atoms with Crippen LogP contribution in [0, 0.1) is 11.3 Å². The van der Waals surface area contributed by atoms with Gasteiger partial charge in [0.15, 0.2) is 5.16 Å². The van der Waals surface area contributed by atoms with Gasteiger partial charge in [-0.05, 0) is 17.7 Å². The fourth-order valence-corrected chi connectivity index (χ4v) is 1.87. The molecule has 1 aromatic heterocycles. The van der Waals surface area contributed by atoms with Gasteiger partial charge in [0.2, 0.25) is 0 Å². The molecule has 0 radical (unpaired) electrons. The smallest absolute Gasteiger partial charge is 0.183 e. The summed E-state index contributed by atoms with van der Waals surface area (Å²) in [6.07, 6.45) is 1.48. The summed E-state index contributed by atoms with van der Waals surface area (Å²) in [6, 6.07) is 9.66. The SMILES string of the molecule is N#Cc1cccc(CSc2ncn[nH]2)c1. The van der Waals surface area contributed by atoms with Gasteiger partial charge in [-0.1, -0.05) is 23.9 Å². The fourth-order valence-electron chi connectivity index (χ4n) is 1.15. The Morgan fingerprint density at radius 1 is 1.47 bits per heavy atom. The lowest BCUT2D eigenvalue weighted by molar-refractivity contribution is 0.973. The van der Waals surface area contributed by atoms with Crippen LogP contribution in [0.5, 0.6) is 0 Å². The van der Waals surface area contributed by atoms with Crippen molar-refractivity contribution in [3.8, 4) is 6.07 Å².